The predicted molar refractivity (Wildman–Crippen MR) is 121 cm³/mol. The van der Waals surface area contributed by atoms with Crippen molar-refractivity contribution in [1.29, 1.82) is 0 Å². The highest BCUT2D eigenvalue weighted by Gasteiger charge is 2.32. The van der Waals surface area contributed by atoms with Crippen LogP contribution in [0.2, 0.25) is 0 Å². The van der Waals surface area contributed by atoms with Crippen LogP contribution in [0.5, 0.6) is 0 Å². The minimum absolute atomic E-state index is 0.105. The standard InChI is InChI=1S/C20H22N4O3S2/c1-4-8-24-19(27)15(29-20(24)28)10-14-16(21-13(5-2)11-25)22-17-12(3)7-6-9-23(17)18(14)26/h4,6-7,9-10,13,21,25H,1,5,8,11H2,2-3H3/b15-10-/t13-/m1/s1. The molecule has 2 N–H and O–H groups in total. The van der Waals surface area contributed by atoms with Gasteiger partial charge in [0, 0.05) is 12.7 Å². The molecule has 3 rings (SSSR count). The molecular formula is C20H22N4O3S2. The first-order valence-corrected chi connectivity index (χ1v) is 10.4. The second-order valence-electron chi connectivity index (χ2n) is 6.58. The van der Waals surface area contributed by atoms with E-state index >= 15 is 0 Å². The zero-order valence-electron chi connectivity index (χ0n) is 16.2. The first-order chi connectivity index (χ1) is 13.9. The molecule has 1 atom stereocenters. The number of carbonyl (C=O) groups is 1. The van der Waals surface area contributed by atoms with Crippen molar-refractivity contribution in [2.45, 2.75) is 26.3 Å². The van der Waals surface area contributed by atoms with E-state index in [2.05, 4.69) is 16.9 Å². The number of nitrogens with zero attached hydrogens (tertiary/aromatic N) is 3. The summed E-state index contributed by atoms with van der Waals surface area (Å²) in [5.41, 5.74) is 1.31. The minimum atomic E-state index is -0.303. The van der Waals surface area contributed by atoms with E-state index in [1.165, 1.54) is 15.4 Å². The number of hydrogen-bond acceptors (Lipinski definition) is 7. The molecule has 1 fully saturated rings. The normalized spacial score (nSPS) is 16.7. The van der Waals surface area contributed by atoms with E-state index in [0.717, 1.165) is 17.3 Å². The lowest BCUT2D eigenvalue weighted by Gasteiger charge is -2.17. The molecule has 0 radical (unpaired) electrons. The van der Waals surface area contributed by atoms with E-state index in [9.17, 15) is 14.7 Å². The largest absolute Gasteiger partial charge is 0.394 e. The third-order valence-electron chi connectivity index (χ3n) is 4.60. The van der Waals surface area contributed by atoms with E-state index in [-0.39, 0.29) is 29.7 Å². The number of anilines is 1. The maximum atomic E-state index is 13.2. The molecule has 1 aliphatic rings. The summed E-state index contributed by atoms with van der Waals surface area (Å²) in [6.45, 7) is 7.64. The second-order valence-corrected chi connectivity index (χ2v) is 8.25. The summed E-state index contributed by atoms with van der Waals surface area (Å²) in [5.74, 6) is 0.0629. The Kier molecular flexibility index (Phi) is 6.51. The molecule has 0 saturated carbocycles. The van der Waals surface area contributed by atoms with Gasteiger partial charge in [0.25, 0.3) is 11.5 Å². The van der Waals surface area contributed by atoms with Crippen molar-refractivity contribution in [2.24, 2.45) is 0 Å². The number of aryl methyl sites for hydroxylation is 1. The fourth-order valence-corrected chi connectivity index (χ4v) is 4.20. The lowest BCUT2D eigenvalue weighted by atomic mass is 10.2. The monoisotopic (exact) mass is 430 g/mol. The number of nitrogens with one attached hydrogen (secondary N) is 1. The Hall–Kier alpha value is -2.49. The zero-order valence-corrected chi connectivity index (χ0v) is 17.8. The summed E-state index contributed by atoms with van der Waals surface area (Å²) >= 11 is 6.42. The van der Waals surface area contributed by atoms with E-state index in [1.54, 1.807) is 18.3 Å². The zero-order chi connectivity index (χ0) is 21.1. The van der Waals surface area contributed by atoms with Gasteiger partial charge in [-0.3, -0.25) is 18.9 Å². The second kappa shape index (κ2) is 8.89. The van der Waals surface area contributed by atoms with Gasteiger partial charge in [-0.1, -0.05) is 43.0 Å². The molecule has 29 heavy (non-hydrogen) atoms. The Labute approximate surface area is 178 Å². The molecule has 152 valence electrons. The maximum Gasteiger partial charge on any atom is 0.267 e. The van der Waals surface area contributed by atoms with Gasteiger partial charge in [0.15, 0.2) is 0 Å². The van der Waals surface area contributed by atoms with Crippen LogP contribution in [0.15, 0.2) is 40.7 Å². The highest BCUT2D eigenvalue weighted by Crippen LogP contribution is 2.33. The van der Waals surface area contributed by atoms with Crippen molar-refractivity contribution >= 4 is 51.7 Å². The van der Waals surface area contributed by atoms with Gasteiger partial charge in [-0.15, -0.1) is 6.58 Å². The first kappa shape index (κ1) is 21.2. The summed E-state index contributed by atoms with van der Waals surface area (Å²) in [7, 11) is 0. The molecule has 0 aliphatic carbocycles. The van der Waals surface area contributed by atoms with Crippen molar-refractivity contribution in [3.05, 3.63) is 57.4 Å². The number of aliphatic hydroxyl groups is 1. The van der Waals surface area contributed by atoms with Gasteiger partial charge < -0.3 is 10.4 Å². The molecule has 1 aliphatic heterocycles. The number of aromatic nitrogens is 2. The van der Waals surface area contributed by atoms with Crippen LogP contribution in [0.3, 0.4) is 0 Å². The Morgan fingerprint density at radius 1 is 1.45 bits per heavy atom. The number of amides is 1. The van der Waals surface area contributed by atoms with E-state index in [4.69, 9.17) is 12.2 Å². The van der Waals surface area contributed by atoms with E-state index in [1.807, 2.05) is 19.9 Å². The van der Waals surface area contributed by atoms with Crippen LogP contribution in [0.1, 0.15) is 24.5 Å². The number of rotatable bonds is 7. The Morgan fingerprint density at radius 2 is 2.21 bits per heavy atom. The quantitative estimate of drug-likeness (QED) is 0.397. The van der Waals surface area contributed by atoms with Crippen LogP contribution >= 0.6 is 24.0 Å². The Balaban J connectivity index is 2.19. The Bertz CT molecular complexity index is 1070. The van der Waals surface area contributed by atoms with Gasteiger partial charge in [-0.05, 0) is 31.1 Å². The topological polar surface area (TPSA) is 86.9 Å². The fourth-order valence-electron chi connectivity index (χ4n) is 2.94. The number of hydrogen-bond donors (Lipinski definition) is 2. The Morgan fingerprint density at radius 3 is 2.86 bits per heavy atom. The molecule has 9 heteroatoms. The first-order valence-electron chi connectivity index (χ1n) is 9.16. The molecule has 1 saturated heterocycles. The summed E-state index contributed by atoms with van der Waals surface area (Å²) in [6, 6.07) is 3.37. The average molecular weight is 431 g/mol. The predicted octanol–water partition coefficient (Wildman–Crippen LogP) is 2.57. The van der Waals surface area contributed by atoms with Crippen LogP contribution in [-0.2, 0) is 4.79 Å². The lowest BCUT2D eigenvalue weighted by Crippen LogP contribution is -2.29. The fraction of sp³-hybridized carbons (Fsp3) is 0.300. The molecule has 2 aromatic heterocycles. The van der Waals surface area contributed by atoms with E-state index < -0.39 is 0 Å². The number of pyridine rings is 1. The van der Waals surface area contributed by atoms with Crippen LogP contribution in [0.25, 0.3) is 11.7 Å². The smallest absolute Gasteiger partial charge is 0.267 e. The molecule has 2 aromatic rings. The molecular weight excluding hydrogens is 408 g/mol. The molecule has 3 heterocycles. The summed E-state index contributed by atoms with van der Waals surface area (Å²) in [4.78, 5) is 32.3. The third-order valence-corrected chi connectivity index (χ3v) is 5.98. The number of thioether (sulfide) groups is 1. The van der Waals surface area contributed by atoms with Crippen molar-refractivity contribution in [3.8, 4) is 0 Å². The highest BCUT2D eigenvalue weighted by atomic mass is 32.2. The molecule has 0 bridgehead atoms. The van der Waals surface area contributed by atoms with Crippen molar-refractivity contribution in [2.75, 3.05) is 18.5 Å². The number of carbonyl (C=O) groups excluding carboxylic acids is 1. The molecule has 0 spiro atoms. The van der Waals surface area contributed by atoms with Gasteiger partial charge in [0.05, 0.1) is 23.1 Å². The lowest BCUT2D eigenvalue weighted by molar-refractivity contribution is -0.121. The SMILES string of the molecule is C=CCN1C(=O)/C(=C/c2c(N[C@H](CC)CO)nc3c(C)cccn3c2=O)SC1=S. The molecule has 7 nitrogen and oxygen atoms in total. The van der Waals surface area contributed by atoms with Crippen molar-refractivity contribution < 1.29 is 9.90 Å². The van der Waals surface area contributed by atoms with Gasteiger partial charge in [-0.25, -0.2) is 4.98 Å². The van der Waals surface area contributed by atoms with Crippen LogP contribution in [0.4, 0.5) is 5.82 Å². The van der Waals surface area contributed by atoms with E-state index in [0.29, 0.717) is 33.7 Å². The molecule has 0 unspecified atom stereocenters. The van der Waals surface area contributed by atoms with Crippen molar-refractivity contribution in [1.82, 2.24) is 14.3 Å². The molecule has 0 aromatic carbocycles. The minimum Gasteiger partial charge on any atom is -0.394 e. The summed E-state index contributed by atoms with van der Waals surface area (Å²) in [6.07, 6.45) is 5.42. The number of thiocarbonyl (C=S) groups is 1. The summed E-state index contributed by atoms with van der Waals surface area (Å²) < 4.78 is 1.87. The third kappa shape index (κ3) is 4.12. The van der Waals surface area contributed by atoms with Gasteiger partial charge >= 0.3 is 0 Å². The number of aliphatic hydroxyl groups excluding tert-OH is 1. The van der Waals surface area contributed by atoms with Gasteiger partial charge in [0.2, 0.25) is 0 Å². The van der Waals surface area contributed by atoms with Gasteiger partial charge in [0.1, 0.15) is 15.8 Å². The average Bonchev–Trinajstić information content (AvgIpc) is 2.97. The maximum absolute atomic E-state index is 13.2. The van der Waals surface area contributed by atoms with Crippen LogP contribution in [-0.4, -0.2) is 48.8 Å². The number of fused-ring (bicyclic) bond motifs is 1. The summed E-state index contributed by atoms with van der Waals surface area (Å²) in [5, 5.41) is 12.7. The van der Waals surface area contributed by atoms with Crippen LogP contribution < -0.4 is 10.9 Å². The molecule has 1 amide bonds. The van der Waals surface area contributed by atoms with Crippen molar-refractivity contribution in [3.63, 3.8) is 0 Å². The van der Waals surface area contributed by atoms with Gasteiger partial charge in [-0.2, -0.15) is 0 Å². The van der Waals surface area contributed by atoms with Crippen LogP contribution in [0, 0.1) is 6.92 Å². The highest BCUT2D eigenvalue weighted by molar-refractivity contribution is 8.26.